The van der Waals surface area contributed by atoms with Crippen LogP contribution in [0.1, 0.15) is 12.5 Å². The first kappa shape index (κ1) is 20.4. The lowest BCUT2D eigenvalue weighted by atomic mass is 10.2. The summed E-state index contributed by atoms with van der Waals surface area (Å²) >= 11 is 6.39. The molecule has 0 unspecified atom stereocenters. The molecule has 3 aromatic rings. The molecule has 0 aliphatic carbocycles. The molecule has 0 saturated carbocycles. The number of benzene rings is 1. The van der Waals surface area contributed by atoms with Gasteiger partial charge in [-0.3, -0.25) is 23.8 Å². The molecule has 1 aliphatic heterocycles. The van der Waals surface area contributed by atoms with E-state index in [1.54, 1.807) is 7.05 Å². The van der Waals surface area contributed by atoms with Crippen molar-refractivity contribution in [2.24, 2.45) is 7.05 Å². The van der Waals surface area contributed by atoms with Crippen LogP contribution in [-0.4, -0.2) is 56.7 Å². The van der Waals surface area contributed by atoms with E-state index in [-0.39, 0.29) is 0 Å². The van der Waals surface area contributed by atoms with E-state index in [2.05, 4.69) is 21.4 Å². The van der Waals surface area contributed by atoms with E-state index in [0.717, 1.165) is 43.9 Å². The van der Waals surface area contributed by atoms with Crippen molar-refractivity contribution in [3.63, 3.8) is 0 Å². The van der Waals surface area contributed by atoms with Crippen LogP contribution < -0.4 is 16.1 Å². The second-order valence-corrected chi connectivity index (χ2v) is 8.21. The molecule has 158 valence electrons. The molecular formula is C21H25ClN6O2. The summed E-state index contributed by atoms with van der Waals surface area (Å²) < 4.78 is 3.24. The van der Waals surface area contributed by atoms with Crippen LogP contribution in [0.2, 0.25) is 5.02 Å². The van der Waals surface area contributed by atoms with Crippen molar-refractivity contribution in [3.8, 4) is 0 Å². The molecule has 8 nitrogen and oxygen atoms in total. The lowest BCUT2D eigenvalue weighted by Gasteiger charge is -2.35. The molecule has 4 rings (SSSR count). The van der Waals surface area contributed by atoms with Crippen molar-refractivity contribution in [2.75, 3.05) is 37.6 Å². The van der Waals surface area contributed by atoms with Gasteiger partial charge in [0.05, 0.1) is 6.54 Å². The van der Waals surface area contributed by atoms with Gasteiger partial charge in [-0.15, -0.1) is 0 Å². The topological polar surface area (TPSA) is 79.2 Å². The Kier molecular flexibility index (Phi) is 5.53. The van der Waals surface area contributed by atoms with Gasteiger partial charge in [0.25, 0.3) is 5.56 Å². The molecule has 30 heavy (non-hydrogen) atoms. The minimum absolute atomic E-state index is 0.371. The normalized spacial score (nSPS) is 15.1. The van der Waals surface area contributed by atoms with Gasteiger partial charge in [0, 0.05) is 44.8 Å². The SMILES string of the molecule is C=C(C)CN1CCN(c2nc3c(c(=O)[nH]c(=O)n3C)n2Cc2ccccc2Cl)CC1. The highest BCUT2D eigenvalue weighted by molar-refractivity contribution is 6.31. The summed E-state index contributed by atoms with van der Waals surface area (Å²) in [5.74, 6) is 0.673. The molecule has 1 aromatic carbocycles. The number of aryl methyl sites for hydroxylation is 1. The van der Waals surface area contributed by atoms with Gasteiger partial charge in [-0.1, -0.05) is 42.0 Å². The number of aromatic nitrogens is 4. The van der Waals surface area contributed by atoms with E-state index in [9.17, 15) is 9.59 Å². The van der Waals surface area contributed by atoms with Crippen molar-refractivity contribution in [1.29, 1.82) is 0 Å². The summed E-state index contributed by atoms with van der Waals surface area (Å²) in [6.07, 6.45) is 0. The van der Waals surface area contributed by atoms with Crippen molar-refractivity contribution in [1.82, 2.24) is 24.0 Å². The average Bonchev–Trinajstić information content (AvgIpc) is 3.08. The zero-order chi connectivity index (χ0) is 21.4. The van der Waals surface area contributed by atoms with E-state index >= 15 is 0 Å². The van der Waals surface area contributed by atoms with Crippen LogP contribution in [0.4, 0.5) is 5.95 Å². The Balaban J connectivity index is 1.79. The van der Waals surface area contributed by atoms with Gasteiger partial charge in [0.1, 0.15) is 0 Å². The second kappa shape index (κ2) is 8.12. The van der Waals surface area contributed by atoms with E-state index in [4.69, 9.17) is 16.6 Å². The molecular weight excluding hydrogens is 404 g/mol. The fourth-order valence-corrected chi connectivity index (χ4v) is 4.09. The molecule has 0 spiro atoms. The maximum absolute atomic E-state index is 12.7. The van der Waals surface area contributed by atoms with Gasteiger partial charge in [0.15, 0.2) is 11.2 Å². The second-order valence-electron chi connectivity index (χ2n) is 7.80. The first-order chi connectivity index (χ1) is 14.3. The standard InChI is InChI=1S/C21H25ClN6O2/c1-14(2)12-26-8-10-27(11-9-26)20-23-18-17(19(29)24-21(30)25(18)3)28(20)13-15-6-4-5-7-16(15)22/h4-7H,1,8-13H2,2-3H3,(H,24,29,30). The smallest absolute Gasteiger partial charge is 0.329 e. The largest absolute Gasteiger partial charge is 0.340 e. The molecule has 2 aromatic heterocycles. The zero-order valence-electron chi connectivity index (χ0n) is 17.2. The summed E-state index contributed by atoms with van der Waals surface area (Å²) in [4.78, 5) is 36.5. The van der Waals surface area contributed by atoms with Crippen LogP contribution in [0, 0.1) is 0 Å². The lowest BCUT2D eigenvalue weighted by molar-refractivity contribution is 0.276. The number of H-pyrrole nitrogens is 1. The Morgan fingerprint density at radius 3 is 2.57 bits per heavy atom. The minimum atomic E-state index is -0.479. The predicted octanol–water partition coefficient (Wildman–Crippen LogP) is 1.82. The number of hydrogen-bond donors (Lipinski definition) is 1. The molecule has 3 heterocycles. The van der Waals surface area contributed by atoms with Gasteiger partial charge in [-0.25, -0.2) is 4.79 Å². The molecule has 1 fully saturated rings. The summed E-state index contributed by atoms with van der Waals surface area (Å²) in [5.41, 5.74) is 1.84. The summed E-state index contributed by atoms with van der Waals surface area (Å²) in [5, 5.41) is 0.623. The maximum Gasteiger partial charge on any atom is 0.329 e. The lowest BCUT2D eigenvalue weighted by Crippen LogP contribution is -2.47. The average molecular weight is 429 g/mol. The molecule has 0 bridgehead atoms. The van der Waals surface area contributed by atoms with Crippen molar-refractivity contribution in [2.45, 2.75) is 13.5 Å². The third-order valence-electron chi connectivity index (χ3n) is 5.42. The van der Waals surface area contributed by atoms with Gasteiger partial charge in [-0.2, -0.15) is 4.98 Å². The van der Waals surface area contributed by atoms with Crippen LogP contribution >= 0.6 is 11.6 Å². The number of hydrogen-bond acceptors (Lipinski definition) is 5. The quantitative estimate of drug-likeness (QED) is 0.627. The Hall–Kier alpha value is -2.84. The predicted molar refractivity (Wildman–Crippen MR) is 120 cm³/mol. The van der Waals surface area contributed by atoms with Crippen molar-refractivity contribution < 1.29 is 0 Å². The zero-order valence-corrected chi connectivity index (χ0v) is 17.9. The number of halogens is 1. The highest BCUT2D eigenvalue weighted by Gasteiger charge is 2.25. The van der Waals surface area contributed by atoms with Gasteiger partial charge >= 0.3 is 5.69 Å². The number of imidazole rings is 1. The molecule has 1 N–H and O–H groups in total. The fraction of sp³-hybridized carbons (Fsp3) is 0.381. The Labute approximate surface area is 179 Å². The van der Waals surface area contributed by atoms with Gasteiger partial charge in [-0.05, 0) is 18.6 Å². The van der Waals surface area contributed by atoms with Crippen LogP contribution in [-0.2, 0) is 13.6 Å². The molecule has 0 amide bonds. The number of nitrogens with one attached hydrogen (secondary N) is 1. The monoisotopic (exact) mass is 428 g/mol. The molecule has 1 aliphatic rings. The number of anilines is 1. The van der Waals surface area contributed by atoms with Crippen LogP contribution in [0.25, 0.3) is 11.2 Å². The summed E-state index contributed by atoms with van der Waals surface area (Å²) in [6, 6.07) is 7.54. The third-order valence-corrected chi connectivity index (χ3v) is 5.79. The van der Waals surface area contributed by atoms with Crippen LogP contribution in [0.15, 0.2) is 46.0 Å². The van der Waals surface area contributed by atoms with E-state index in [1.807, 2.05) is 35.8 Å². The maximum atomic E-state index is 12.7. The summed E-state index contributed by atoms with van der Waals surface area (Å²) in [7, 11) is 1.61. The Morgan fingerprint density at radius 2 is 1.90 bits per heavy atom. The van der Waals surface area contributed by atoms with Crippen LogP contribution in [0.3, 0.4) is 0 Å². The fourth-order valence-electron chi connectivity index (χ4n) is 3.90. The third kappa shape index (κ3) is 3.80. The summed E-state index contributed by atoms with van der Waals surface area (Å²) in [6.45, 7) is 10.6. The van der Waals surface area contributed by atoms with Crippen LogP contribution in [0.5, 0.6) is 0 Å². The molecule has 9 heteroatoms. The highest BCUT2D eigenvalue weighted by Crippen LogP contribution is 2.25. The Bertz CT molecular complexity index is 1220. The first-order valence-corrected chi connectivity index (χ1v) is 10.3. The number of piperazine rings is 1. The highest BCUT2D eigenvalue weighted by atomic mass is 35.5. The van der Waals surface area contributed by atoms with Crippen molar-refractivity contribution >= 4 is 28.7 Å². The van der Waals surface area contributed by atoms with E-state index in [0.29, 0.717) is 28.7 Å². The molecule has 0 atom stereocenters. The number of rotatable bonds is 5. The number of aromatic amines is 1. The first-order valence-electron chi connectivity index (χ1n) is 9.90. The Morgan fingerprint density at radius 1 is 1.20 bits per heavy atom. The van der Waals surface area contributed by atoms with Gasteiger partial charge < -0.3 is 4.90 Å². The van der Waals surface area contributed by atoms with E-state index < -0.39 is 11.2 Å². The number of fused-ring (bicyclic) bond motifs is 1. The minimum Gasteiger partial charge on any atom is -0.340 e. The molecule has 0 radical (unpaired) electrons. The van der Waals surface area contributed by atoms with E-state index in [1.165, 1.54) is 4.57 Å². The van der Waals surface area contributed by atoms with Crippen molar-refractivity contribution in [3.05, 3.63) is 67.8 Å². The molecule has 1 saturated heterocycles. The number of nitrogens with zero attached hydrogens (tertiary/aromatic N) is 5. The van der Waals surface area contributed by atoms with Gasteiger partial charge in [0.2, 0.25) is 5.95 Å².